The molecule has 1 fully saturated rings. The van der Waals surface area contributed by atoms with Crippen molar-refractivity contribution in [3.05, 3.63) is 64.2 Å². The summed E-state index contributed by atoms with van der Waals surface area (Å²) in [6.45, 7) is -1.25. The molecule has 1 heterocycles. The highest BCUT2D eigenvalue weighted by Gasteiger charge is 2.27. The number of hydrogen-bond donors (Lipinski definition) is 1. The van der Waals surface area contributed by atoms with Crippen molar-refractivity contribution in [1.29, 1.82) is 0 Å². The number of carbonyl (C=O) groups excluding carboxylic acids is 1. The van der Waals surface area contributed by atoms with Crippen molar-refractivity contribution in [3.8, 4) is 5.75 Å². The summed E-state index contributed by atoms with van der Waals surface area (Å²) in [5, 5.41) is 14.1. The Kier molecular flexibility index (Phi) is 7.16. The smallest absolute Gasteiger partial charge is 0.387 e. The van der Waals surface area contributed by atoms with Crippen molar-refractivity contribution in [2.45, 2.75) is 25.9 Å². The summed E-state index contributed by atoms with van der Waals surface area (Å²) in [6, 6.07) is 13.0. The van der Waals surface area contributed by atoms with Gasteiger partial charge >= 0.3 is 6.61 Å². The van der Waals surface area contributed by atoms with Gasteiger partial charge in [-0.3, -0.25) is 14.9 Å². The Labute approximate surface area is 172 Å². The number of nitro groups is 1. The number of nitrogens with zero attached hydrogens (tertiary/aromatic N) is 2. The van der Waals surface area contributed by atoms with Gasteiger partial charge in [0, 0.05) is 31.6 Å². The third-order valence-electron chi connectivity index (χ3n) is 5.15. The molecule has 2 aromatic carbocycles. The van der Waals surface area contributed by atoms with E-state index in [9.17, 15) is 23.7 Å². The van der Waals surface area contributed by atoms with Crippen molar-refractivity contribution in [2.24, 2.45) is 5.92 Å². The number of nitro benzene ring substituents is 1. The van der Waals surface area contributed by atoms with Crippen LogP contribution in [-0.2, 0) is 11.2 Å². The number of amides is 1. The molecule has 1 saturated heterocycles. The number of piperidine rings is 1. The van der Waals surface area contributed by atoms with Crippen LogP contribution in [0.3, 0.4) is 0 Å². The van der Waals surface area contributed by atoms with Gasteiger partial charge < -0.3 is 15.0 Å². The van der Waals surface area contributed by atoms with E-state index in [0.717, 1.165) is 5.56 Å². The van der Waals surface area contributed by atoms with Gasteiger partial charge in [0.1, 0.15) is 11.4 Å². The Balaban J connectivity index is 1.44. The van der Waals surface area contributed by atoms with E-state index in [4.69, 9.17) is 0 Å². The number of nitrogens with one attached hydrogen (secondary N) is 1. The maximum absolute atomic E-state index is 12.4. The van der Waals surface area contributed by atoms with Crippen LogP contribution >= 0.6 is 0 Å². The molecular formula is C21H23F2N3O4. The van der Waals surface area contributed by atoms with E-state index in [1.54, 1.807) is 30.3 Å². The van der Waals surface area contributed by atoms with Gasteiger partial charge in [0.2, 0.25) is 5.91 Å². The number of alkyl halides is 2. The number of anilines is 1. The molecular weight excluding hydrogens is 396 g/mol. The van der Waals surface area contributed by atoms with Gasteiger partial charge in [-0.15, -0.1) is 0 Å². The first-order valence-electron chi connectivity index (χ1n) is 9.74. The summed E-state index contributed by atoms with van der Waals surface area (Å²) < 4.78 is 28.6. The molecule has 9 heteroatoms. The van der Waals surface area contributed by atoms with Crippen LogP contribution in [0.4, 0.5) is 20.2 Å². The summed E-state index contributed by atoms with van der Waals surface area (Å²) in [5.41, 5.74) is 1.56. The number of para-hydroxylation sites is 2. The Morgan fingerprint density at radius 3 is 2.47 bits per heavy atom. The van der Waals surface area contributed by atoms with E-state index in [1.807, 2.05) is 4.90 Å². The second-order valence-electron chi connectivity index (χ2n) is 7.07. The van der Waals surface area contributed by atoms with Crippen molar-refractivity contribution >= 4 is 17.3 Å². The van der Waals surface area contributed by atoms with Gasteiger partial charge in [0.05, 0.1) is 4.92 Å². The standard InChI is InChI=1S/C21H23F2N3O4/c22-21(23)30-17-7-5-15(6-8-17)9-12-24-20(27)16-10-13-25(14-11-16)18-3-1-2-4-19(18)26(28)29/h1-8,16,21H,9-14H2,(H,24,27). The maximum atomic E-state index is 12.4. The molecule has 1 aliphatic heterocycles. The Hall–Kier alpha value is -3.23. The number of hydrogen-bond acceptors (Lipinski definition) is 5. The molecule has 0 spiro atoms. The molecule has 1 N–H and O–H groups in total. The van der Waals surface area contributed by atoms with Crippen molar-refractivity contribution in [2.75, 3.05) is 24.5 Å². The minimum atomic E-state index is -2.85. The summed E-state index contributed by atoms with van der Waals surface area (Å²) >= 11 is 0. The zero-order valence-electron chi connectivity index (χ0n) is 16.3. The first-order valence-corrected chi connectivity index (χ1v) is 9.74. The Morgan fingerprint density at radius 2 is 1.83 bits per heavy atom. The van der Waals surface area contributed by atoms with Crippen LogP contribution in [0.2, 0.25) is 0 Å². The third-order valence-corrected chi connectivity index (χ3v) is 5.15. The predicted molar refractivity (Wildman–Crippen MR) is 108 cm³/mol. The quantitative estimate of drug-likeness (QED) is 0.520. The van der Waals surface area contributed by atoms with Gasteiger partial charge in [0.25, 0.3) is 5.69 Å². The maximum Gasteiger partial charge on any atom is 0.387 e. The topological polar surface area (TPSA) is 84.7 Å². The zero-order valence-corrected chi connectivity index (χ0v) is 16.3. The average molecular weight is 419 g/mol. The highest BCUT2D eigenvalue weighted by Crippen LogP contribution is 2.31. The lowest BCUT2D eigenvalue weighted by atomic mass is 9.95. The second kappa shape index (κ2) is 10.00. The van der Waals surface area contributed by atoms with E-state index in [0.29, 0.717) is 44.6 Å². The van der Waals surface area contributed by atoms with Gasteiger partial charge in [-0.2, -0.15) is 8.78 Å². The van der Waals surface area contributed by atoms with E-state index in [2.05, 4.69) is 10.1 Å². The average Bonchev–Trinajstić information content (AvgIpc) is 2.74. The first-order chi connectivity index (χ1) is 14.4. The molecule has 1 aliphatic rings. The molecule has 0 unspecified atom stereocenters. The first kappa shape index (κ1) is 21.5. The molecule has 0 bridgehead atoms. The Bertz CT molecular complexity index is 869. The second-order valence-corrected chi connectivity index (χ2v) is 7.07. The molecule has 30 heavy (non-hydrogen) atoms. The lowest BCUT2D eigenvalue weighted by Gasteiger charge is -2.32. The fraction of sp³-hybridized carbons (Fsp3) is 0.381. The number of carbonyl (C=O) groups is 1. The van der Waals surface area contributed by atoms with Crippen LogP contribution in [-0.4, -0.2) is 37.1 Å². The molecule has 0 saturated carbocycles. The molecule has 3 rings (SSSR count). The van der Waals surface area contributed by atoms with Crippen LogP contribution in [0.15, 0.2) is 48.5 Å². The normalized spacial score (nSPS) is 14.6. The molecule has 7 nitrogen and oxygen atoms in total. The molecule has 0 radical (unpaired) electrons. The highest BCUT2D eigenvalue weighted by molar-refractivity contribution is 5.79. The summed E-state index contributed by atoms with van der Waals surface area (Å²) in [7, 11) is 0. The molecule has 0 aliphatic carbocycles. The van der Waals surface area contributed by atoms with E-state index in [-0.39, 0.29) is 28.2 Å². The largest absolute Gasteiger partial charge is 0.435 e. The fourth-order valence-electron chi connectivity index (χ4n) is 3.58. The third kappa shape index (κ3) is 5.65. The lowest BCUT2D eigenvalue weighted by molar-refractivity contribution is -0.384. The zero-order chi connectivity index (χ0) is 21.5. The van der Waals surface area contributed by atoms with Gasteiger partial charge in [-0.25, -0.2) is 0 Å². The van der Waals surface area contributed by atoms with Gasteiger partial charge in [-0.05, 0) is 43.0 Å². The summed E-state index contributed by atoms with van der Waals surface area (Å²) in [6.07, 6.45) is 1.82. The van der Waals surface area contributed by atoms with Crippen molar-refractivity contribution < 1.29 is 23.2 Å². The summed E-state index contributed by atoms with van der Waals surface area (Å²) in [5.74, 6) is -0.0658. The minimum Gasteiger partial charge on any atom is -0.435 e. The van der Waals surface area contributed by atoms with Crippen LogP contribution < -0.4 is 15.0 Å². The monoisotopic (exact) mass is 419 g/mol. The van der Waals surface area contributed by atoms with E-state index < -0.39 is 6.61 Å². The molecule has 160 valence electrons. The van der Waals surface area contributed by atoms with Crippen LogP contribution in [0.5, 0.6) is 5.75 Å². The van der Waals surface area contributed by atoms with Crippen LogP contribution in [0.25, 0.3) is 0 Å². The SMILES string of the molecule is O=C(NCCc1ccc(OC(F)F)cc1)C1CCN(c2ccccc2[N+](=O)[O-])CC1. The number of ether oxygens (including phenoxy) is 1. The van der Waals surface area contributed by atoms with Gasteiger partial charge in [-0.1, -0.05) is 24.3 Å². The molecule has 0 atom stereocenters. The molecule has 2 aromatic rings. The number of halogens is 2. The molecule has 0 aromatic heterocycles. The van der Waals surface area contributed by atoms with Crippen LogP contribution in [0, 0.1) is 16.0 Å². The van der Waals surface area contributed by atoms with E-state index >= 15 is 0 Å². The highest BCUT2D eigenvalue weighted by atomic mass is 19.3. The lowest BCUT2D eigenvalue weighted by Crippen LogP contribution is -2.41. The van der Waals surface area contributed by atoms with Crippen molar-refractivity contribution in [1.82, 2.24) is 5.32 Å². The van der Waals surface area contributed by atoms with Gasteiger partial charge in [0.15, 0.2) is 0 Å². The van der Waals surface area contributed by atoms with Crippen LogP contribution in [0.1, 0.15) is 18.4 Å². The number of benzene rings is 2. The molecule has 1 amide bonds. The number of rotatable bonds is 8. The minimum absolute atomic E-state index is 0.0325. The fourth-order valence-corrected chi connectivity index (χ4v) is 3.58. The Morgan fingerprint density at radius 1 is 1.17 bits per heavy atom. The summed E-state index contributed by atoms with van der Waals surface area (Å²) in [4.78, 5) is 25.2. The van der Waals surface area contributed by atoms with Crippen molar-refractivity contribution in [3.63, 3.8) is 0 Å². The van der Waals surface area contributed by atoms with E-state index in [1.165, 1.54) is 18.2 Å². The predicted octanol–water partition coefficient (Wildman–Crippen LogP) is 3.77.